The first-order chi connectivity index (χ1) is 9.02. The number of halogens is 1. The van der Waals surface area contributed by atoms with E-state index in [1.165, 1.54) is 0 Å². The number of hydrogen-bond donors (Lipinski definition) is 2. The van der Waals surface area contributed by atoms with Crippen molar-refractivity contribution in [2.45, 2.75) is 20.0 Å². The van der Waals surface area contributed by atoms with Gasteiger partial charge in [-0.05, 0) is 26.0 Å². The Morgan fingerprint density at radius 1 is 1.32 bits per heavy atom. The number of ether oxygens (including phenoxy) is 2. The summed E-state index contributed by atoms with van der Waals surface area (Å²) in [6.45, 7) is 3.92. The van der Waals surface area contributed by atoms with Crippen LogP contribution in [0.1, 0.15) is 13.8 Å². The molecular formula is C13H16BrN3O2. The minimum absolute atomic E-state index is 0.0296. The Bertz CT molecular complexity index is 581. The van der Waals surface area contributed by atoms with Crippen LogP contribution in [0.3, 0.4) is 0 Å². The van der Waals surface area contributed by atoms with Crippen LogP contribution in [0.5, 0.6) is 11.5 Å². The smallest absolute Gasteiger partial charge is 0.169 e. The highest BCUT2D eigenvalue weighted by Gasteiger charge is 2.18. The molecule has 102 valence electrons. The Balaban J connectivity index is 2.63. The summed E-state index contributed by atoms with van der Waals surface area (Å²) in [7, 11) is 1.61. The van der Waals surface area contributed by atoms with Gasteiger partial charge >= 0.3 is 0 Å². The van der Waals surface area contributed by atoms with E-state index in [0.29, 0.717) is 17.3 Å². The van der Waals surface area contributed by atoms with E-state index in [0.717, 1.165) is 15.6 Å². The molecular weight excluding hydrogens is 310 g/mol. The molecule has 0 saturated carbocycles. The Hall–Kier alpha value is -1.69. The van der Waals surface area contributed by atoms with Gasteiger partial charge in [0.1, 0.15) is 5.82 Å². The van der Waals surface area contributed by atoms with Crippen LogP contribution in [0.2, 0.25) is 0 Å². The normalized spacial score (nSPS) is 10.8. The van der Waals surface area contributed by atoms with Crippen LogP contribution in [0.15, 0.2) is 22.8 Å². The fourth-order valence-corrected chi connectivity index (χ4v) is 2.23. The summed E-state index contributed by atoms with van der Waals surface area (Å²) in [6.07, 6.45) is 1.70. The fourth-order valence-electron chi connectivity index (χ4n) is 1.79. The second-order valence-electron chi connectivity index (χ2n) is 4.35. The molecule has 1 heterocycles. The van der Waals surface area contributed by atoms with Crippen LogP contribution in [0.4, 0.5) is 5.82 Å². The zero-order valence-electron chi connectivity index (χ0n) is 11.0. The van der Waals surface area contributed by atoms with E-state index in [1.807, 2.05) is 26.0 Å². The van der Waals surface area contributed by atoms with Crippen molar-refractivity contribution in [1.29, 1.82) is 0 Å². The van der Waals surface area contributed by atoms with Crippen LogP contribution in [-0.4, -0.2) is 23.4 Å². The highest BCUT2D eigenvalue weighted by atomic mass is 79.9. The first-order valence-corrected chi connectivity index (χ1v) is 6.65. The van der Waals surface area contributed by atoms with Crippen molar-refractivity contribution in [3.63, 3.8) is 0 Å². The topological polar surface area (TPSA) is 73.2 Å². The lowest BCUT2D eigenvalue weighted by molar-refractivity contribution is 0.231. The van der Waals surface area contributed by atoms with E-state index in [2.05, 4.69) is 26.1 Å². The number of nitrogens with one attached hydrogen (secondary N) is 1. The summed E-state index contributed by atoms with van der Waals surface area (Å²) in [5.74, 6) is 1.81. The van der Waals surface area contributed by atoms with Gasteiger partial charge in [-0.3, -0.25) is 5.10 Å². The largest absolute Gasteiger partial charge is 0.493 e. The third-order valence-corrected chi connectivity index (χ3v) is 3.01. The van der Waals surface area contributed by atoms with Crippen molar-refractivity contribution in [2.75, 3.05) is 12.8 Å². The van der Waals surface area contributed by atoms with E-state index in [-0.39, 0.29) is 6.10 Å². The summed E-state index contributed by atoms with van der Waals surface area (Å²) >= 11 is 3.46. The van der Waals surface area contributed by atoms with Crippen molar-refractivity contribution in [3.05, 3.63) is 22.8 Å². The molecule has 0 spiro atoms. The molecule has 0 fully saturated rings. The Morgan fingerprint density at radius 2 is 2.05 bits per heavy atom. The van der Waals surface area contributed by atoms with E-state index < -0.39 is 0 Å². The van der Waals surface area contributed by atoms with Gasteiger partial charge in [-0.2, -0.15) is 5.10 Å². The average Bonchev–Trinajstić information content (AvgIpc) is 2.76. The molecule has 19 heavy (non-hydrogen) atoms. The molecule has 5 nitrogen and oxygen atoms in total. The lowest BCUT2D eigenvalue weighted by Crippen LogP contribution is -2.08. The van der Waals surface area contributed by atoms with Gasteiger partial charge in [0, 0.05) is 15.6 Å². The summed E-state index contributed by atoms with van der Waals surface area (Å²) < 4.78 is 12.1. The number of methoxy groups -OCH3 is 1. The maximum atomic E-state index is 5.88. The highest BCUT2D eigenvalue weighted by molar-refractivity contribution is 9.10. The molecule has 0 aliphatic carbocycles. The molecule has 0 saturated heterocycles. The monoisotopic (exact) mass is 325 g/mol. The molecule has 0 aliphatic rings. The maximum Gasteiger partial charge on any atom is 0.169 e. The molecule has 0 aliphatic heterocycles. The number of aromatic nitrogens is 2. The number of nitrogen functional groups attached to an aromatic ring is 1. The van der Waals surface area contributed by atoms with Gasteiger partial charge in [-0.15, -0.1) is 0 Å². The lowest BCUT2D eigenvalue weighted by Gasteiger charge is -2.17. The fraction of sp³-hybridized carbons (Fsp3) is 0.308. The summed E-state index contributed by atoms with van der Waals surface area (Å²) in [6, 6.07) is 3.79. The van der Waals surface area contributed by atoms with Crippen LogP contribution < -0.4 is 15.2 Å². The highest BCUT2D eigenvalue weighted by Crippen LogP contribution is 2.42. The summed E-state index contributed by atoms with van der Waals surface area (Å²) in [5.41, 5.74) is 7.51. The van der Waals surface area contributed by atoms with Crippen molar-refractivity contribution in [1.82, 2.24) is 10.2 Å². The first kappa shape index (κ1) is 13.7. The summed E-state index contributed by atoms with van der Waals surface area (Å²) in [4.78, 5) is 0. The van der Waals surface area contributed by atoms with Gasteiger partial charge in [0.15, 0.2) is 11.5 Å². The second kappa shape index (κ2) is 5.52. The van der Waals surface area contributed by atoms with Gasteiger partial charge in [0.05, 0.1) is 19.4 Å². The molecule has 1 aromatic heterocycles. The molecule has 0 bridgehead atoms. The van der Waals surface area contributed by atoms with Gasteiger partial charge in [0.2, 0.25) is 0 Å². The number of nitrogens with two attached hydrogens (primary N) is 1. The van der Waals surface area contributed by atoms with Crippen molar-refractivity contribution in [3.8, 4) is 22.6 Å². The number of nitrogens with zero attached hydrogens (tertiary/aromatic N) is 1. The zero-order chi connectivity index (χ0) is 14.0. The second-order valence-corrected chi connectivity index (χ2v) is 5.26. The zero-order valence-corrected chi connectivity index (χ0v) is 12.6. The molecule has 3 N–H and O–H groups in total. The number of H-pyrrole nitrogens is 1. The van der Waals surface area contributed by atoms with E-state index in [1.54, 1.807) is 13.3 Å². The third-order valence-electron chi connectivity index (χ3n) is 2.55. The van der Waals surface area contributed by atoms with Crippen molar-refractivity contribution >= 4 is 21.7 Å². The third kappa shape index (κ3) is 2.84. The number of aromatic amines is 1. The van der Waals surface area contributed by atoms with E-state index >= 15 is 0 Å². The molecule has 0 amide bonds. The number of rotatable bonds is 4. The quantitative estimate of drug-likeness (QED) is 0.905. The Morgan fingerprint density at radius 3 is 2.58 bits per heavy atom. The molecule has 2 aromatic rings. The van der Waals surface area contributed by atoms with Gasteiger partial charge in [-0.25, -0.2) is 0 Å². The standard InChI is InChI=1S/C13H16BrN3O2/c1-7(2)19-12-9(10-6-16-17-13(10)15)4-8(14)5-11(12)18-3/h4-7H,1-3H3,(H3,15,16,17). The Labute approximate surface area is 120 Å². The SMILES string of the molecule is COc1cc(Br)cc(-c2cn[nH]c2N)c1OC(C)C. The van der Waals surface area contributed by atoms with Crippen LogP contribution in [0, 0.1) is 0 Å². The molecule has 0 radical (unpaired) electrons. The molecule has 1 aromatic carbocycles. The molecule has 6 heteroatoms. The van der Waals surface area contributed by atoms with Crippen LogP contribution in [-0.2, 0) is 0 Å². The number of anilines is 1. The molecule has 0 unspecified atom stereocenters. The van der Waals surface area contributed by atoms with Gasteiger partial charge in [-0.1, -0.05) is 15.9 Å². The predicted molar refractivity (Wildman–Crippen MR) is 78.5 cm³/mol. The maximum absolute atomic E-state index is 5.88. The lowest BCUT2D eigenvalue weighted by atomic mass is 10.1. The predicted octanol–water partition coefficient (Wildman–Crippen LogP) is 3.22. The first-order valence-electron chi connectivity index (χ1n) is 5.86. The molecule has 0 atom stereocenters. The van der Waals surface area contributed by atoms with Crippen molar-refractivity contribution < 1.29 is 9.47 Å². The molecule has 2 rings (SSSR count). The van der Waals surface area contributed by atoms with Crippen LogP contribution in [0.25, 0.3) is 11.1 Å². The van der Waals surface area contributed by atoms with Gasteiger partial charge < -0.3 is 15.2 Å². The van der Waals surface area contributed by atoms with E-state index in [9.17, 15) is 0 Å². The number of hydrogen-bond acceptors (Lipinski definition) is 4. The van der Waals surface area contributed by atoms with Crippen molar-refractivity contribution in [2.24, 2.45) is 0 Å². The average molecular weight is 326 g/mol. The summed E-state index contributed by atoms with van der Waals surface area (Å²) in [5, 5.41) is 6.66. The number of benzene rings is 1. The minimum Gasteiger partial charge on any atom is -0.493 e. The van der Waals surface area contributed by atoms with Gasteiger partial charge in [0.25, 0.3) is 0 Å². The minimum atomic E-state index is 0.0296. The van der Waals surface area contributed by atoms with Crippen LogP contribution >= 0.6 is 15.9 Å². The Kier molecular flexibility index (Phi) is 3.99. The van der Waals surface area contributed by atoms with E-state index in [4.69, 9.17) is 15.2 Å².